The van der Waals surface area contributed by atoms with Crippen molar-refractivity contribution in [2.45, 2.75) is 25.3 Å². The molecule has 0 aliphatic carbocycles. The zero-order valence-corrected chi connectivity index (χ0v) is 7.99. The van der Waals surface area contributed by atoms with Gasteiger partial charge in [-0.3, -0.25) is 14.9 Å². The van der Waals surface area contributed by atoms with Crippen LogP contribution in [0.4, 0.5) is 0 Å². The average Bonchev–Trinajstić information content (AvgIpc) is 2.11. The monoisotopic (exact) mass is 205 g/mol. The van der Waals surface area contributed by atoms with Gasteiger partial charge in [-0.25, -0.2) is 0 Å². The normalized spacial score (nSPS) is 14.7. The third kappa shape index (κ3) is 3.31. The molecule has 6 nitrogen and oxygen atoms in total. The van der Waals surface area contributed by atoms with Crippen LogP contribution < -0.4 is 5.32 Å². The van der Waals surface area contributed by atoms with E-state index in [-0.39, 0.29) is 19.4 Å². The van der Waals surface area contributed by atoms with Crippen LogP contribution in [0.25, 0.3) is 0 Å². The maximum atomic E-state index is 10.9. The fraction of sp³-hybridized carbons (Fsp3) is 0.750. The minimum Gasteiger partial charge on any atom is -0.480 e. The first-order valence-electron chi connectivity index (χ1n) is 4.29. The van der Waals surface area contributed by atoms with E-state index >= 15 is 0 Å². The third-order valence-electron chi connectivity index (χ3n) is 2.13. The van der Waals surface area contributed by atoms with Crippen molar-refractivity contribution in [3.63, 3.8) is 0 Å². The first-order valence-corrected chi connectivity index (χ1v) is 4.29. The number of carboxylic acid groups (broad SMARTS) is 2. The van der Waals surface area contributed by atoms with Crippen LogP contribution >= 0.6 is 0 Å². The summed E-state index contributed by atoms with van der Waals surface area (Å²) in [6.45, 7) is 0.894. The van der Waals surface area contributed by atoms with Crippen molar-refractivity contribution in [2.75, 3.05) is 13.2 Å². The summed E-state index contributed by atoms with van der Waals surface area (Å²) in [6.07, 6.45) is 0.211. The molecule has 0 amide bonds. The fourth-order valence-corrected chi connectivity index (χ4v) is 1.16. The standard InChI is InChI=1S/C8H15NO5/c1-2-8(3-4-10,7(13)14)9-5-6(11)12/h9-10H,2-5H2,1H3,(H,11,12)(H,13,14). The SMILES string of the molecule is CCC(CCO)(NCC(=O)O)C(=O)O. The molecule has 14 heavy (non-hydrogen) atoms. The Balaban J connectivity index is 4.49. The second-order valence-electron chi connectivity index (χ2n) is 2.96. The highest BCUT2D eigenvalue weighted by molar-refractivity contribution is 5.80. The Morgan fingerprint density at radius 3 is 2.21 bits per heavy atom. The van der Waals surface area contributed by atoms with Crippen molar-refractivity contribution in [1.82, 2.24) is 5.32 Å². The number of rotatable bonds is 7. The van der Waals surface area contributed by atoms with E-state index in [1.165, 1.54) is 0 Å². The number of carbonyl (C=O) groups is 2. The number of aliphatic carboxylic acids is 2. The van der Waals surface area contributed by atoms with Crippen molar-refractivity contribution in [3.8, 4) is 0 Å². The van der Waals surface area contributed by atoms with Crippen LogP contribution in [0.15, 0.2) is 0 Å². The summed E-state index contributed by atoms with van der Waals surface area (Å²) in [6, 6.07) is 0. The van der Waals surface area contributed by atoms with Gasteiger partial charge < -0.3 is 15.3 Å². The van der Waals surface area contributed by atoms with E-state index in [9.17, 15) is 9.59 Å². The first kappa shape index (κ1) is 12.9. The lowest BCUT2D eigenvalue weighted by Crippen LogP contribution is -2.53. The Labute approximate surface area is 81.5 Å². The summed E-state index contributed by atoms with van der Waals surface area (Å²) in [5, 5.41) is 28.4. The molecule has 4 N–H and O–H groups in total. The van der Waals surface area contributed by atoms with E-state index in [0.717, 1.165) is 0 Å². The summed E-state index contributed by atoms with van der Waals surface area (Å²) < 4.78 is 0. The highest BCUT2D eigenvalue weighted by Gasteiger charge is 2.35. The Bertz CT molecular complexity index is 218. The number of aliphatic hydroxyl groups is 1. The Morgan fingerprint density at radius 1 is 1.36 bits per heavy atom. The van der Waals surface area contributed by atoms with Crippen molar-refractivity contribution in [1.29, 1.82) is 0 Å². The van der Waals surface area contributed by atoms with Gasteiger partial charge >= 0.3 is 11.9 Å². The van der Waals surface area contributed by atoms with Gasteiger partial charge in [0.25, 0.3) is 0 Å². The molecule has 82 valence electrons. The molecule has 0 radical (unpaired) electrons. The molecule has 0 aliphatic rings. The molecule has 0 aromatic heterocycles. The summed E-state index contributed by atoms with van der Waals surface area (Å²) in [7, 11) is 0. The van der Waals surface area contributed by atoms with Crippen molar-refractivity contribution in [3.05, 3.63) is 0 Å². The molecule has 6 heteroatoms. The third-order valence-corrected chi connectivity index (χ3v) is 2.13. The molecule has 0 aromatic rings. The van der Waals surface area contributed by atoms with Gasteiger partial charge in [0.2, 0.25) is 0 Å². The van der Waals surface area contributed by atoms with E-state index < -0.39 is 24.0 Å². The van der Waals surface area contributed by atoms with Crippen LogP contribution in [-0.2, 0) is 9.59 Å². The predicted molar refractivity (Wildman–Crippen MR) is 48.0 cm³/mol. The zero-order valence-electron chi connectivity index (χ0n) is 7.99. The van der Waals surface area contributed by atoms with Crippen molar-refractivity contribution in [2.24, 2.45) is 0 Å². The Hall–Kier alpha value is -1.14. The lowest BCUT2D eigenvalue weighted by atomic mass is 9.92. The maximum absolute atomic E-state index is 10.9. The zero-order chi connectivity index (χ0) is 11.2. The average molecular weight is 205 g/mol. The van der Waals surface area contributed by atoms with Crippen LogP contribution in [0.1, 0.15) is 19.8 Å². The van der Waals surface area contributed by atoms with Gasteiger partial charge in [0, 0.05) is 6.61 Å². The topological polar surface area (TPSA) is 107 Å². The van der Waals surface area contributed by atoms with Crippen LogP contribution in [0.5, 0.6) is 0 Å². The molecular formula is C8H15NO5. The molecule has 0 saturated carbocycles. The van der Waals surface area contributed by atoms with Crippen LogP contribution in [0.2, 0.25) is 0 Å². The number of aliphatic hydroxyl groups excluding tert-OH is 1. The smallest absolute Gasteiger partial charge is 0.323 e. The van der Waals surface area contributed by atoms with Gasteiger partial charge in [-0.15, -0.1) is 0 Å². The number of hydrogen-bond donors (Lipinski definition) is 4. The highest BCUT2D eigenvalue weighted by Crippen LogP contribution is 2.14. The number of carboxylic acids is 2. The molecule has 1 atom stereocenters. The second-order valence-corrected chi connectivity index (χ2v) is 2.96. The summed E-state index contributed by atoms with van der Waals surface area (Å²) in [5.41, 5.74) is -1.34. The maximum Gasteiger partial charge on any atom is 0.323 e. The molecule has 0 rings (SSSR count). The number of hydrogen-bond acceptors (Lipinski definition) is 4. The largest absolute Gasteiger partial charge is 0.480 e. The van der Waals surface area contributed by atoms with Crippen LogP contribution in [-0.4, -0.2) is 45.9 Å². The van der Waals surface area contributed by atoms with E-state index in [1.807, 2.05) is 0 Å². The molecule has 0 fully saturated rings. The highest BCUT2D eigenvalue weighted by atomic mass is 16.4. The van der Waals surface area contributed by atoms with Crippen LogP contribution in [0.3, 0.4) is 0 Å². The van der Waals surface area contributed by atoms with Crippen molar-refractivity contribution < 1.29 is 24.9 Å². The lowest BCUT2D eigenvalue weighted by molar-refractivity contribution is -0.146. The minimum absolute atomic E-state index is 0.00782. The van der Waals surface area contributed by atoms with Gasteiger partial charge in [-0.2, -0.15) is 0 Å². The van der Waals surface area contributed by atoms with Gasteiger partial charge in [0.15, 0.2) is 0 Å². The van der Waals surface area contributed by atoms with E-state index in [4.69, 9.17) is 15.3 Å². The molecule has 0 saturated heterocycles. The quantitative estimate of drug-likeness (QED) is 0.437. The predicted octanol–water partition coefficient (Wildman–Crippen LogP) is -0.724. The Morgan fingerprint density at radius 2 is 1.93 bits per heavy atom. The van der Waals surface area contributed by atoms with Gasteiger partial charge in [-0.05, 0) is 12.8 Å². The van der Waals surface area contributed by atoms with E-state index in [1.54, 1.807) is 6.92 Å². The molecule has 0 aliphatic heterocycles. The minimum atomic E-state index is -1.34. The van der Waals surface area contributed by atoms with Gasteiger partial charge in [-0.1, -0.05) is 6.92 Å². The molecule has 0 bridgehead atoms. The van der Waals surface area contributed by atoms with E-state index in [0.29, 0.717) is 0 Å². The van der Waals surface area contributed by atoms with Crippen molar-refractivity contribution >= 4 is 11.9 Å². The summed E-state index contributed by atoms with van der Waals surface area (Å²) >= 11 is 0. The molecule has 0 spiro atoms. The molecular weight excluding hydrogens is 190 g/mol. The Kier molecular flexibility index (Phi) is 5.11. The van der Waals surface area contributed by atoms with Crippen LogP contribution in [0, 0.1) is 0 Å². The van der Waals surface area contributed by atoms with E-state index in [2.05, 4.69) is 5.32 Å². The van der Waals surface area contributed by atoms with Gasteiger partial charge in [0.1, 0.15) is 5.54 Å². The summed E-state index contributed by atoms with van der Waals surface area (Å²) in [4.78, 5) is 21.2. The second kappa shape index (κ2) is 5.56. The number of nitrogens with one attached hydrogen (secondary N) is 1. The van der Waals surface area contributed by atoms with Gasteiger partial charge in [0.05, 0.1) is 6.54 Å². The lowest BCUT2D eigenvalue weighted by Gasteiger charge is -2.27. The summed E-state index contributed by atoms with van der Waals surface area (Å²) in [5.74, 6) is -2.27. The first-order chi connectivity index (χ1) is 6.48. The molecule has 0 aromatic carbocycles. The fourth-order valence-electron chi connectivity index (χ4n) is 1.16. The molecule has 0 heterocycles. The molecule has 1 unspecified atom stereocenters.